The van der Waals surface area contributed by atoms with Gasteiger partial charge in [-0.05, 0) is 54.4 Å². The van der Waals surface area contributed by atoms with Crippen molar-refractivity contribution in [2.75, 3.05) is 5.32 Å². The first-order valence-corrected chi connectivity index (χ1v) is 9.64. The zero-order valence-corrected chi connectivity index (χ0v) is 17.0. The van der Waals surface area contributed by atoms with E-state index in [1.807, 2.05) is 25.1 Å². The van der Waals surface area contributed by atoms with Gasteiger partial charge in [0, 0.05) is 0 Å². The average molecular weight is 419 g/mol. The quantitative estimate of drug-likeness (QED) is 0.326. The number of para-hydroxylation sites is 1. The molecule has 0 aliphatic rings. The Morgan fingerprint density at radius 1 is 1.00 bits per heavy atom. The Hall–Kier alpha value is -4.00. The minimum absolute atomic E-state index is 0.0218. The van der Waals surface area contributed by atoms with E-state index >= 15 is 0 Å². The summed E-state index contributed by atoms with van der Waals surface area (Å²) in [6.45, 7) is 2.51. The smallest absolute Gasteiger partial charge is 0.249 e. The van der Waals surface area contributed by atoms with Gasteiger partial charge in [-0.3, -0.25) is 9.59 Å². The van der Waals surface area contributed by atoms with E-state index in [1.54, 1.807) is 30.3 Å². The van der Waals surface area contributed by atoms with Crippen LogP contribution in [0.1, 0.15) is 23.1 Å². The van der Waals surface area contributed by atoms with Gasteiger partial charge in [-0.15, -0.1) is 0 Å². The predicted octanol–water partition coefficient (Wildman–Crippen LogP) is 4.19. The van der Waals surface area contributed by atoms with Crippen molar-refractivity contribution in [2.24, 2.45) is 5.10 Å². The maximum absolute atomic E-state index is 13.5. The second kappa shape index (κ2) is 10.7. The summed E-state index contributed by atoms with van der Waals surface area (Å²) < 4.78 is 19.3. The van der Waals surface area contributed by atoms with Crippen molar-refractivity contribution in [3.05, 3.63) is 95.3 Å². The maximum Gasteiger partial charge on any atom is 0.249 e. The molecule has 6 nitrogen and oxygen atoms in total. The van der Waals surface area contributed by atoms with E-state index in [2.05, 4.69) is 21.9 Å². The molecule has 2 amide bonds. The minimum Gasteiger partial charge on any atom is -0.489 e. The molecule has 0 bridgehead atoms. The number of nitrogens with one attached hydrogen (secondary N) is 2. The molecule has 0 spiro atoms. The first kappa shape index (κ1) is 21.7. The SMILES string of the molecule is Cc1cccc(COc2ccc(C=NNC(=O)CC(=O)Nc3ccccc3F)cc2)c1. The molecule has 0 atom stereocenters. The van der Waals surface area contributed by atoms with Crippen LogP contribution in [-0.2, 0) is 16.2 Å². The number of hydrogen-bond acceptors (Lipinski definition) is 4. The molecule has 0 radical (unpaired) electrons. The molecule has 0 aliphatic carbocycles. The summed E-state index contributed by atoms with van der Waals surface area (Å²) in [5.41, 5.74) is 5.31. The summed E-state index contributed by atoms with van der Waals surface area (Å²) >= 11 is 0. The lowest BCUT2D eigenvalue weighted by atomic mass is 10.1. The maximum atomic E-state index is 13.5. The largest absolute Gasteiger partial charge is 0.489 e. The van der Waals surface area contributed by atoms with Gasteiger partial charge in [0.1, 0.15) is 24.6 Å². The van der Waals surface area contributed by atoms with Crippen molar-refractivity contribution in [1.82, 2.24) is 5.43 Å². The van der Waals surface area contributed by atoms with E-state index in [-0.39, 0.29) is 5.69 Å². The molecule has 3 aromatic carbocycles. The summed E-state index contributed by atoms with van der Waals surface area (Å²) in [5.74, 6) is -1.09. The Labute approximate surface area is 179 Å². The Bertz CT molecular complexity index is 1080. The van der Waals surface area contributed by atoms with Gasteiger partial charge < -0.3 is 10.1 Å². The van der Waals surface area contributed by atoms with Crippen molar-refractivity contribution >= 4 is 23.7 Å². The van der Waals surface area contributed by atoms with Crippen molar-refractivity contribution in [3.63, 3.8) is 0 Å². The Kier molecular flexibility index (Phi) is 7.48. The van der Waals surface area contributed by atoms with Gasteiger partial charge in [-0.1, -0.05) is 42.0 Å². The van der Waals surface area contributed by atoms with Crippen LogP contribution in [-0.4, -0.2) is 18.0 Å². The number of amides is 2. The highest BCUT2D eigenvalue weighted by Gasteiger charge is 2.10. The van der Waals surface area contributed by atoms with Gasteiger partial charge in [0.15, 0.2) is 0 Å². The number of nitrogens with zero attached hydrogens (tertiary/aromatic N) is 1. The number of halogens is 1. The third-order valence-corrected chi connectivity index (χ3v) is 4.24. The summed E-state index contributed by atoms with van der Waals surface area (Å²) in [6.07, 6.45) is 0.981. The molecule has 3 rings (SSSR count). The van der Waals surface area contributed by atoms with E-state index in [4.69, 9.17) is 4.74 Å². The summed E-state index contributed by atoms with van der Waals surface area (Å²) in [6, 6.07) is 21.0. The second-order valence-electron chi connectivity index (χ2n) is 6.84. The third-order valence-electron chi connectivity index (χ3n) is 4.24. The number of hydrazone groups is 1. The Morgan fingerprint density at radius 3 is 2.52 bits per heavy atom. The molecule has 0 heterocycles. The minimum atomic E-state index is -0.632. The fourth-order valence-electron chi connectivity index (χ4n) is 2.74. The molecular weight excluding hydrogens is 397 g/mol. The number of rotatable bonds is 8. The summed E-state index contributed by atoms with van der Waals surface area (Å²) in [4.78, 5) is 23.6. The number of ether oxygens (including phenoxy) is 1. The van der Waals surface area contributed by atoms with Crippen LogP contribution in [0, 0.1) is 12.7 Å². The number of benzene rings is 3. The molecule has 0 aromatic heterocycles. The number of carbonyl (C=O) groups is 2. The van der Waals surface area contributed by atoms with Crippen LogP contribution in [0.15, 0.2) is 77.9 Å². The number of aryl methyl sites for hydroxylation is 1. The average Bonchev–Trinajstić information content (AvgIpc) is 2.75. The highest BCUT2D eigenvalue weighted by molar-refractivity contribution is 6.03. The topological polar surface area (TPSA) is 79.8 Å². The highest BCUT2D eigenvalue weighted by atomic mass is 19.1. The van der Waals surface area contributed by atoms with Gasteiger partial charge in [-0.25, -0.2) is 9.82 Å². The van der Waals surface area contributed by atoms with E-state index in [9.17, 15) is 14.0 Å². The molecule has 0 saturated heterocycles. The van der Waals surface area contributed by atoms with Crippen LogP contribution < -0.4 is 15.5 Å². The van der Waals surface area contributed by atoms with Gasteiger partial charge in [0.25, 0.3) is 0 Å². The fraction of sp³-hybridized carbons (Fsp3) is 0.125. The van der Waals surface area contributed by atoms with Crippen LogP contribution >= 0.6 is 0 Å². The first-order chi connectivity index (χ1) is 15.0. The molecule has 3 aromatic rings. The Morgan fingerprint density at radius 2 is 1.77 bits per heavy atom. The normalized spacial score (nSPS) is 10.6. The second-order valence-corrected chi connectivity index (χ2v) is 6.84. The third kappa shape index (κ3) is 7.08. The zero-order chi connectivity index (χ0) is 22.1. The van der Waals surface area contributed by atoms with Crippen LogP contribution in [0.2, 0.25) is 0 Å². The monoisotopic (exact) mass is 419 g/mol. The molecule has 0 fully saturated rings. The molecule has 2 N–H and O–H groups in total. The lowest BCUT2D eigenvalue weighted by Crippen LogP contribution is -2.24. The lowest BCUT2D eigenvalue weighted by molar-refractivity contribution is -0.126. The van der Waals surface area contributed by atoms with E-state index < -0.39 is 24.1 Å². The lowest BCUT2D eigenvalue weighted by Gasteiger charge is -2.07. The van der Waals surface area contributed by atoms with Crippen LogP contribution in [0.3, 0.4) is 0 Å². The summed E-state index contributed by atoms with van der Waals surface area (Å²) in [5, 5.41) is 6.17. The summed E-state index contributed by atoms with van der Waals surface area (Å²) in [7, 11) is 0. The van der Waals surface area contributed by atoms with E-state index in [1.165, 1.54) is 30.0 Å². The molecule has 158 valence electrons. The number of anilines is 1. The van der Waals surface area contributed by atoms with Crippen molar-refractivity contribution in [3.8, 4) is 5.75 Å². The standard InChI is InChI=1S/C24H22FN3O3/c1-17-5-4-6-19(13-17)16-31-20-11-9-18(10-12-20)15-26-28-24(30)14-23(29)27-22-8-3-2-7-21(22)25/h2-13,15H,14,16H2,1H3,(H,27,29)(H,28,30). The van der Waals surface area contributed by atoms with Crippen molar-refractivity contribution in [2.45, 2.75) is 20.0 Å². The van der Waals surface area contributed by atoms with E-state index in [0.717, 1.165) is 11.1 Å². The van der Waals surface area contributed by atoms with Gasteiger partial charge in [0.2, 0.25) is 11.8 Å². The molecule has 31 heavy (non-hydrogen) atoms. The molecule has 0 unspecified atom stereocenters. The van der Waals surface area contributed by atoms with Crippen LogP contribution in [0.5, 0.6) is 5.75 Å². The molecule has 0 saturated carbocycles. The number of carbonyl (C=O) groups excluding carboxylic acids is 2. The van der Waals surface area contributed by atoms with Crippen molar-refractivity contribution in [1.29, 1.82) is 0 Å². The highest BCUT2D eigenvalue weighted by Crippen LogP contribution is 2.14. The van der Waals surface area contributed by atoms with Crippen LogP contribution in [0.4, 0.5) is 10.1 Å². The van der Waals surface area contributed by atoms with Gasteiger partial charge in [-0.2, -0.15) is 5.10 Å². The van der Waals surface area contributed by atoms with Crippen LogP contribution in [0.25, 0.3) is 0 Å². The fourth-order valence-corrected chi connectivity index (χ4v) is 2.74. The van der Waals surface area contributed by atoms with E-state index in [0.29, 0.717) is 12.4 Å². The number of hydrogen-bond donors (Lipinski definition) is 2. The molecule has 7 heteroatoms. The zero-order valence-electron chi connectivity index (χ0n) is 17.0. The Balaban J connectivity index is 1.43. The van der Waals surface area contributed by atoms with Crippen molar-refractivity contribution < 1.29 is 18.7 Å². The molecule has 0 aliphatic heterocycles. The van der Waals surface area contributed by atoms with Gasteiger partial charge in [0.05, 0.1) is 11.9 Å². The van der Waals surface area contributed by atoms with Gasteiger partial charge >= 0.3 is 0 Å². The first-order valence-electron chi connectivity index (χ1n) is 9.64. The molecular formula is C24H22FN3O3. The predicted molar refractivity (Wildman–Crippen MR) is 117 cm³/mol.